The molecule has 3 N–H and O–H groups in total. The summed E-state index contributed by atoms with van der Waals surface area (Å²) in [7, 11) is -2.81. The summed E-state index contributed by atoms with van der Waals surface area (Å²) in [6.07, 6.45) is 4.33. The number of carbonyl (C=O) groups is 1. The van der Waals surface area contributed by atoms with Gasteiger partial charge in [0.05, 0.1) is 12.7 Å². The Hall–Kier alpha value is -3.58. The van der Waals surface area contributed by atoms with Gasteiger partial charge in [0.2, 0.25) is 0 Å². The maximum Gasteiger partial charge on any atom is 0.434 e. The number of hydrogen-bond acceptors (Lipinski definition) is 9. The predicted octanol–water partition coefficient (Wildman–Crippen LogP) is 1.10. The molecule has 0 aromatic carbocycles. The first-order valence-electron chi connectivity index (χ1n) is 8.64. The van der Waals surface area contributed by atoms with Crippen LogP contribution < -0.4 is 16.4 Å². The molecule has 0 aliphatic carbocycles. The molecular formula is C17H18N6O6S. The van der Waals surface area contributed by atoms with Crippen molar-refractivity contribution in [3.8, 4) is 22.6 Å². The first-order valence-corrected chi connectivity index (χ1v) is 10.2. The fourth-order valence-electron chi connectivity index (χ4n) is 2.57. The lowest BCUT2D eigenvalue weighted by molar-refractivity contribution is 0.252. The summed E-state index contributed by atoms with van der Waals surface area (Å²) in [6, 6.07) is 2.57. The molecule has 0 aliphatic rings. The van der Waals surface area contributed by atoms with Crippen molar-refractivity contribution in [2.24, 2.45) is 0 Å². The summed E-state index contributed by atoms with van der Waals surface area (Å²) in [5.74, 6) is -0.992. The lowest BCUT2D eigenvalue weighted by Gasteiger charge is -2.12. The van der Waals surface area contributed by atoms with Gasteiger partial charge >= 0.3 is 11.8 Å². The summed E-state index contributed by atoms with van der Waals surface area (Å²) in [6.45, 7) is 2.17. The second-order valence-electron chi connectivity index (χ2n) is 5.96. The van der Waals surface area contributed by atoms with Gasteiger partial charge in [-0.15, -0.1) is 5.10 Å². The zero-order valence-corrected chi connectivity index (χ0v) is 16.8. The van der Waals surface area contributed by atoms with Gasteiger partial charge in [-0.2, -0.15) is 8.42 Å². The van der Waals surface area contributed by atoms with Crippen molar-refractivity contribution >= 4 is 22.0 Å². The average Bonchev–Trinajstić information content (AvgIpc) is 3.15. The van der Waals surface area contributed by atoms with E-state index in [0.717, 1.165) is 7.11 Å². The van der Waals surface area contributed by atoms with Crippen molar-refractivity contribution in [2.75, 3.05) is 19.0 Å². The van der Waals surface area contributed by atoms with Gasteiger partial charge in [-0.1, -0.05) is 0 Å². The minimum atomic E-state index is -3.87. The molecule has 3 heterocycles. The van der Waals surface area contributed by atoms with E-state index in [1.807, 2.05) is 0 Å². The minimum Gasteiger partial charge on any atom is -0.388 e. The van der Waals surface area contributed by atoms with Crippen LogP contribution >= 0.6 is 0 Å². The lowest BCUT2D eigenvalue weighted by atomic mass is 10.0. The van der Waals surface area contributed by atoms with Crippen LogP contribution in [-0.2, 0) is 20.1 Å². The number of aromatic nitrogens is 4. The number of anilines is 1. The highest BCUT2D eigenvalue weighted by atomic mass is 32.2. The second kappa shape index (κ2) is 8.84. The Bertz CT molecular complexity index is 1220. The van der Waals surface area contributed by atoms with Crippen LogP contribution in [-0.4, -0.2) is 48.3 Å². The van der Waals surface area contributed by atoms with Crippen LogP contribution in [0, 0.1) is 0 Å². The van der Waals surface area contributed by atoms with Crippen LogP contribution in [0.25, 0.3) is 22.6 Å². The first kappa shape index (κ1) is 21.1. The van der Waals surface area contributed by atoms with Gasteiger partial charge in [0.1, 0.15) is 11.6 Å². The number of nitrogens with zero attached hydrogens (tertiary/aromatic N) is 3. The van der Waals surface area contributed by atoms with Crippen molar-refractivity contribution in [2.45, 2.75) is 12.7 Å². The number of carbonyl (C=O) groups excluding carboxylic acids is 1. The Kier molecular flexibility index (Phi) is 6.23. The van der Waals surface area contributed by atoms with Crippen molar-refractivity contribution < 1.29 is 21.8 Å². The molecule has 2 amide bonds. The average molecular weight is 434 g/mol. The van der Waals surface area contributed by atoms with Gasteiger partial charge in [0.25, 0.3) is 16.0 Å². The van der Waals surface area contributed by atoms with Gasteiger partial charge in [-0.3, -0.25) is 14.5 Å². The van der Waals surface area contributed by atoms with E-state index in [1.165, 1.54) is 24.7 Å². The maximum absolute atomic E-state index is 12.1. The van der Waals surface area contributed by atoms with Gasteiger partial charge in [-0.05, 0) is 24.6 Å². The first-order chi connectivity index (χ1) is 14.3. The van der Waals surface area contributed by atoms with E-state index in [2.05, 4.69) is 35.0 Å². The molecule has 0 atom stereocenters. The molecule has 0 fully saturated rings. The van der Waals surface area contributed by atoms with E-state index in [1.54, 1.807) is 13.0 Å². The van der Waals surface area contributed by atoms with Gasteiger partial charge in [0.15, 0.2) is 0 Å². The van der Waals surface area contributed by atoms with E-state index >= 15 is 0 Å². The Morgan fingerprint density at radius 1 is 1.23 bits per heavy atom. The lowest BCUT2D eigenvalue weighted by Crippen LogP contribution is -2.28. The van der Waals surface area contributed by atoms with Crippen LogP contribution in [0.5, 0.6) is 0 Å². The predicted molar refractivity (Wildman–Crippen MR) is 106 cm³/mol. The summed E-state index contributed by atoms with van der Waals surface area (Å²) < 4.78 is 33.6. The molecule has 158 valence electrons. The van der Waals surface area contributed by atoms with Crippen LogP contribution in [0.4, 0.5) is 10.6 Å². The fraction of sp³-hybridized carbons (Fsp3) is 0.235. The monoisotopic (exact) mass is 434 g/mol. The second-order valence-corrected chi connectivity index (χ2v) is 7.70. The molecule has 12 nitrogen and oxygen atoms in total. The zero-order chi connectivity index (χ0) is 21.7. The summed E-state index contributed by atoms with van der Waals surface area (Å²) in [4.78, 5) is 31.2. The Balaban J connectivity index is 2.04. The molecule has 30 heavy (non-hydrogen) atoms. The normalized spacial score (nSPS) is 11.3. The number of amides is 2. The number of aromatic amines is 1. The smallest absolute Gasteiger partial charge is 0.388 e. The van der Waals surface area contributed by atoms with Gasteiger partial charge in [0, 0.05) is 36.3 Å². The molecule has 0 spiro atoms. The van der Waals surface area contributed by atoms with Crippen molar-refractivity contribution in [3.05, 3.63) is 46.8 Å². The third-order valence-corrected chi connectivity index (χ3v) is 5.06. The van der Waals surface area contributed by atoms with E-state index in [-0.39, 0.29) is 11.7 Å². The van der Waals surface area contributed by atoms with E-state index in [0.29, 0.717) is 28.8 Å². The molecule has 3 aromatic heterocycles. The quantitative estimate of drug-likeness (QED) is 0.461. The third kappa shape index (κ3) is 5.07. The molecule has 0 radical (unpaired) electrons. The van der Waals surface area contributed by atoms with Crippen LogP contribution in [0.3, 0.4) is 0 Å². The highest BCUT2D eigenvalue weighted by Crippen LogP contribution is 2.29. The maximum atomic E-state index is 12.1. The van der Waals surface area contributed by atoms with E-state index in [4.69, 9.17) is 4.42 Å². The van der Waals surface area contributed by atoms with Crippen molar-refractivity contribution in [1.29, 1.82) is 0 Å². The number of pyridine rings is 2. The molecular weight excluding hydrogens is 416 g/mol. The Labute approximate surface area is 170 Å². The largest absolute Gasteiger partial charge is 0.434 e. The number of hydrogen-bond donors (Lipinski definition) is 3. The number of rotatable bonds is 7. The summed E-state index contributed by atoms with van der Waals surface area (Å²) >= 11 is 0. The van der Waals surface area contributed by atoms with Crippen LogP contribution in [0.1, 0.15) is 12.5 Å². The molecule has 0 aliphatic heterocycles. The molecule has 3 rings (SSSR count). The summed E-state index contributed by atoms with van der Waals surface area (Å²) in [5.41, 5.74) is 1.65. The molecule has 3 aromatic rings. The van der Waals surface area contributed by atoms with Crippen LogP contribution in [0.2, 0.25) is 0 Å². The Morgan fingerprint density at radius 2 is 2.00 bits per heavy atom. The Morgan fingerprint density at radius 3 is 2.67 bits per heavy atom. The molecule has 13 heteroatoms. The molecule has 0 saturated heterocycles. The zero-order valence-electron chi connectivity index (χ0n) is 16.0. The highest BCUT2D eigenvalue weighted by Gasteiger charge is 2.18. The van der Waals surface area contributed by atoms with Crippen LogP contribution in [0.15, 0.2) is 39.9 Å². The number of H-pyrrole nitrogens is 1. The standard InChI is InChI=1S/C17H18N6O6S/c1-3-19-16(24)21-14-5-12(9-30(26,27)28-2)13(8-20-14)10-4-11(7-18-6-10)15-22-23-17(25)29-15/h4-8H,3,9H2,1-2H3,(H,23,25)(H2,19,20,21,24). The van der Waals surface area contributed by atoms with Crippen molar-refractivity contribution in [1.82, 2.24) is 25.5 Å². The van der Waals surface area contributed by atoms with Gasteiger partial charge < -0.3 is 9.73 Å². The van der Waals surface area contributed by atoms with E-state index < -0.39 is 27.7 Å². The molecule has 0 bridgehead atoms. The molecule has 0 saturated carbocycles. The fourth-order valence-corrected chi connectivity index (χ4v) is 3.31. The van der Waals surface area contributed by atoms with Crippen molar-refractivity contribution in [3.63, 3.8) is 0 Å². The van der Waals surface area contributed by atoms with E-state index in [9.17, 15) is 18.0 Å². The third-order valence-electron chi connectivity index (χ3n) is 3.89. The SMILES string of the molecule is CCNC(=O)Nc1cc(CS(=O)(=O)OC)c(-c2cncc(-c3n[nH]c(=O)o3)c2)cn1. The number of nitrogens with one attached hydrogen (secondary N) is 3. The topological polar surface area (TPSA) is 169 Å². The molecule has 0 unspecified atom stereocenters. The summed E-state index contributed by atoms with van der Waals surface area (Å²) in [5, 5.41) is 11.0. The van der Waals surface area contributed by atoms with Gasteiger partial charge in [-0.25, -0.2) is 19.7 Å². The minimum absolute atomic E-state index is 0.0305. The highest BCUT2D eigenvalue weighted by molar-refractivity contribution is 7.85. The number of urea groups is 1.